The molecule has 0 saturated heterocycles. The number of fused-ring (bicyclic) bond motifs is 1. The molecule has 8 nitrogen and oxygen atoms in total. The Bertz CT molecular complexity index is 1340. The van der Waals surface area contributed by atoms with E-state index in [1.807, 2.05) is 59.0 Å². The average molecular weight is 511 g/mol. The molecule has 4 rings (SSSR count). The molecule has 0 aliphatic carbocycles. The number of aromatic nitrogens is 3. The molecule has 2 aromatic carbocycles. The van der Waals surface area contributed by atoms with Crippen molar-refractivity contribution in [2.45, 2.75) is 39.8 Å². The molecule has 0 bridgehead atoms. The van der Waals surface area contributed by atoms with E-state index in [1.165, 1.54) is 23.5 Å². The van der Waals surface area contributed by atoms with Crippen molar-refractivity contribution in [3.05, 3.63) is 59.9 Å². The van der Waals surface area contributed by atoms with Gasteiger partial charge in [-0.25, -0.2) is 9.37 Å². The molecule has 0 aliphatic rings. The molecule has 2 N–H and O–H groups in total. The van der Waals surface area contributed by atoms with Gasteiger partial charge in [0.05, 0.1) is 13.2 Å². The smallest absolute Gasteiger partial charge is 0.239 e. The summed E-state index contributed by atoms with van der Waals surface area (Å²) >= 11 is 1.38. The van der Waals surface area contributed by atoms with E-state index in [4.69, 9.17) is 14.8 Å². The predicted octanol–water partition coefficient (Wildman–Crippen LogP) is 4.96. The first-order valence-corrected chi connectivity index (χ1v) is 12.6. The first kappa shape index (κ1) is 25.4. The Labute approximate surface area is 214 Å². The molecule has 0 saturated carbocycles. The summed E-state index contributed by atoms with van der Waals surface area (Å²) in [5.74, 6) is 1.06. The standard InChI is InChI=1S/C26H31FN6O2S/c1-6-35-20-10-8-7-9-18(20)15-28-21(34)16-32(5)25-31-33-23(30-26(2,3)4)22(29-24(33)36-25)17-11-13-19(27)14-12-17/h7-14,30H,6,15-16H2,1-5H3,(H,28,34). The number of carbonyl (C=O) groups excluding carboxylic acids is 1. The van der Waals surface area contributed by atoms with E-state index in [2.05, 4.69) is 10.6 Å². The molecule has 1 amide bonds. The highest BCUT2D eigenvalue weighted by molar-refractivity contribution is 7.20. The van der Waals surface area contributed by atoms with Crippen LogP contribution in [-0.4, -0.2) is 46.2 Å². The van der Waals surface area contributed by atoms with Crippen LogP contribution in [0.4, 0.5) is 15.3 Å². The highest BCUT2D eigenvalue weighted by Crippen LogP contribution is 2.34. The second-order valence-electron chi connectivity index (χ2n) is 9.44. The van der Waals surface area contributed by atoms with Gasteiger partial charge in [-0.15, -0.1) is 5.10 Å². The largest absolute Gasteiger partial charge is 0.494 e. The average Bonchev–Trinajstić information content (AvgIpc) is 3.38. The second-order valence-corrected chi connectivity index (χ2v) is 10.4. The van der Waals surface area contributed by atoms with Crippen molar-refractivity contribution in [1.82, 2.24) is 19.9 Å². The van der Waals surface area contributed by atoms with Crippen molar-refractivity contribution >= 4 is 33.2 Å². The van der Waals surface area contributed by atoms with Gasteiger partial charge in [0, 0.05) is 30.3 Å². The van der Waals surface area contributed by atoms with Gasteiger partial charge >= 0.3 is 0 Å². The van der Waals surface area contributed by atoms with E-state index in [0.717, 1.165) is 22.7 Å². The van der Waals surface area contributed by atoms with E-state index in [-0.39, 0.29) is 23.8 Å². The monoisotopic (exact) mass is 510 g/mol. The van der Waals surface area contributed by atoms with Crippen LogP contribution < -0.4 is 20.3 Å². The fourth-order valence-electron chi connectivity index (χ4n) is 3.65. The number of benzene rings is 2. The number of nitrogens with one attached hydrogen (secondary N) is 2. The Balaban J connectivity index is 1.51. The van der Waals surface area contributed by atoms with Crippen molar-refractivity contribution in [2.75, 3.05) is 30.4 Å². The number of carbonyl (C=O) groups is 1. The van der Waals surface area contributed by atoms with Crippen molar-refractivity contribution < 1.29 is 13.9 Å². The zero-order valence-corrected chi connectivity index (χ0v) is 21.9. The van der Waals surface area contributed by atoms with Crippen LogP contribution in [0.2, 0.25) is 0 Å². The topological polar surface area (TPSA) is 83.8 Å². The van der Waals surface area contributed by atoms with Gasteiger partial charge in [-0.2, -0.15) is 4.52 Å². The number of hydrogen-bond acceptors (Lipinski definition) is 7. The molecule has 0 atom stereocenters. The molecule has 4 aromatic rings. The minimum absolute atomic E-state index is 0.128. The predicted molar refractivity (Wildman–Crippen MR) is 142 cm³/mol. The Morgan fingerprint density at radius 2 is 1.89 bits per heavy atom. The lowest BCUT2D eigenvalue weighted by molar-refractivity contribution is -0.119. The van der Waals surface area contributed by atoms with Crippen molar-refractivity contribution in [1.29, 1.82) is 0 Å². The normalized spacial score (nSPS) is 11.5. The maximum Gasteiger partial charge on any atom is 0.239 e. The Kier molecular flexibility index (Phi) is 7.44. The number of likely N-dealkylation sites (N-methyl/N-ethyl adjacent to an activating group) is 1. The number of para-hydroxylation sites is 1. The zero-order valence-electron chi connectivity index (χ0n) is 21.1. The van der Waals surface area contributed by atoms with Gasteiger partial charge in [0.25, 0.3) is 0 Å². The first-order chi connectivity index (χ1) is 17.1. The number of hydrogen-bond donors (Lipinski definition) is 2. The van der Waals surface area contributed by atoms with Crippen LogP contribution in [0.1, 0.15) is 33.3 Å². The molecule has 0 unspecified atom stereocenters. The van der Waals surface area contributed by atoms with Gasteiger partial charge in [0.15, 0.2) is 5.82 Å². The fraction of sp³-hybridized carbons (Fsp3) is 0.346. The van der Waals surface area contributed by atoms with Crippen LogP contribution in [0.5, 0.6) is 5.75 Å². The third kappa shape index (κ3) is 5.93. The van der Waals surface area contributed by atoms with Gasteiger partial charge < -0.3 is 20.3 Å². The number of ether oxygens (including phenoxy) is 1. The number of nitrogens with zero attached hydrogens (tertiary/aromatic N) is 4. The lowest BCUT2D eigenvalue weighted by Crippen LogP contribution is -2.35. The SMILES string of the molecule is CCOc1ccccc1CNC(=O)CN(C)c1nn2c(NC(C)(C)C)c(-c3ccc(F)cc3)nc2s1. The quantitative estimate of drug-likeness (QED) is 0.331. The lowest BCUT2D eigenvalue weighted by atomic mass is 10.1. The Morgan fingerprint density at radius 1 is 1.17 bits per heavy atom. The second kappa shape index (κ2) is 10.5. The third-order valence-electron chi connectivity index (χ3n) is 5.26. The molecule has 0 spiro atoms. The molecular weight excluding hydrogens is 479 g/mol. The van der Waals surface area contributed by atoms with Crippen LogP contribution >= 0.6 is 11.3 Å². The number of amides is 1. The summed E-state index contributed by atoms with van der Waals surface area (Å²) in [7, 11) is 1.82. The van der Waals surface area contributed by atoms with Gasteiger partial charge in [0.2, 0.25) is 16.0 Å². The maximum atomic E-state index is 13.5. The zero-order chi connectivity index (χ0) is 25.9. The lowest BCUT2D eigenvalue weighted by Gasteiger charge is -2.22. The van der Waals surface area contributed by atoms with Crippen LogP contribution in [0.25, 0.3) is 16.2 Å². The fourth-order valence-corrected chi connectivity index (χ4v) is 4.51. The van der Waals surface area contributed by atoms with E-state index < -0.39 is 0 Å². The highest BCUT2D eigenvalue weighted by Gasteiger charge is 2.23. The summed E-state index contributed by atoms with van der Waals surface area (Å²) in [6.07, 6.45) is 0. The van der Waals surface area contributed by atoms with E-state index in [1.54, 1.807) is 21.5 Å². The minimum atomic E-state index is -0.299. The van der Waals surface area contributed by atoms with Gasteiger partial charge in [-0.3, -0.25) is 4.79 Å². The number of rotatable bonds is 9. The van der Waals surface area contributed by atoms with E-state index in [0.29, 0.717) is 28.9 Å². The van der Waals surface area contributed by atoms with Gasteiger partial charge in [-0.05, 0) is 58.0 Å². The molecule has 0 fully saturated rings. The minimum Gasteiger partial charge on any atom is -0.494 e. The molecular formula is C26H31FN6O2S. The third-order valence-corrected chi connectivity index (χ3v) is 6.28. The van der Waals surface area contributed by atoms with Crippen molar-refractivity contribution in [3.8, 4) is 17.0 Å². The molecule has 0 radical (unpaired) electrons. The van der Waals surface area contributed by atoms with Gasteiger partial charge in [-0.1, -0.05) is 29.5 Å². The van der Waals surface area contributed by atoms with Crippen LogP contribution in [0.15, 0.2) is 48.5 Å². The first-order valence-electron chi connectivity index (χ1n) is 11.8. The molecule has 190 valence electrons. The van der Waals surface area contributed by atoms with E-state index >= 15 is 0 Å². The summed E-state index contributed by atoms with van der Waals surface area (Å²) in [5, 5.41) is 11.8. The summed E-state index contributed by atoms with van der Waals surface area (Å²) in [4.78, 5) is 19.9. The summed E-state index contributed by atoms with van der Waals surface area (Å²) in [6.45, 7) is 9.16. The number of halogens is 1. The molecule has 2 aromatic heterocycles. The number of imidazole rings is 1. The highest BCUT2D eigenvalue weighted by atomic mass is 32.1. The Hall–Kier alpha value is -3.66. The Morgan fingerprint density at radius 3 is 2.58 bits per heavy atom. The molecule has 36 heavy (non-hydrogen) atoms. The summed E-state index contributed by atoms with van der Waals surface area (Å²) < 4.78 is 20.9. The van der Waals surface area contributed by atoms with E-state index in [9.17, 15) is 9.18 Å². The summed E-state index contributed by atoms with van der Waals surface area (Å²) in [5.41, 5.74) is 2.17. The van der Waals surface area contributed by atoms with Crippen LogP contribution in [0.3, 0.4) is 0 Å². The van der Waals surface area contributed by atoms with Gasteiger partial charge in [0.1, 0.15) is 17.3 Å². The van der Waals surface area contributed by atoms with Crippen LogP contribution in [-0.2, 0) is 11.3 Å². The summed E-state index contributed by atoms with van der Waals surface area (Å²) in [6, 6.07) is 13.9. The molecule has 10 heteroatoms. The molecule has 2 heterocycles. The van der Waals surface area contributed by atoms with Crippen molar-refractivity contribution in [3.63, 3.8) is 0 Å². The molecule has 0 aliphatic heterocycles. The maximum absolute atomic E-state index is 13.5. The van der Waals surface area contributed by atoms with Crippen LogP contribution in [0, 0.1) is 5.82 Å². The van der Waals surface area contributed by atoms with Crippen molar-refractivity contribution in [2.24, 2.45) is 0 Å². The number of anilines is 2.